The molecule has 1 aromatic carbocycles. The Hall–Kier alpha value is -1.99. The highest BCUT2D eigenvalue weighted by atomic mass is 16.5. The first-order valence-corrected chi connectivity index (χ1v) is 10.1. The quantitative estimate of drug-likeness (QED) is 0.286. The van der Waals surface area contributed by atoms with Gasteiger partial charge in [0, 0.05) is 39.8 Å². The Balaban J connectivity index is 2.43. The lowest BCUT2D eigenvalue weighted by Crippen LogP contribution is -2.41. The summed E-state index contributed by atoms with van der Waals surface area (Å²) >= 11 is 0. The molecule has 7 heteroatoms. The molecule has 0 aliphatic heterocycles. The van der Waals surface area contributed by atoms with E-state index in [9.17, 15) is 0 Å². The van der Waals surface area contributed by atoms with Crippen LogP contribution in [0.25, 0.3) is 0 Å². The van der Waals surface area contributed by atoms with Gasteiger partial charge < -0.3 is 29.7 Å². The molecule has 0 radical (unpaired) electrons. The summed E-state index contributed by atoms with van der Waals surface area (Å²) in [5.41, 5.74) is 1.23. The van der Waals surface area contributed by atoms with Gasteiger partial charge in [0.25, 0.3) is 0 Å². The number of rotatable bonds is 14. The van der Waals surface area contributed by atoms with E-state index in [2.05, 4.69) is 46.6 Å². The molecule has 0 atom stereocenters. The summed E-state index contributed by atoms with van der Waals surface area (Å²) in [6, 6.07) is 6.12. The molecular weight excluding hydrogens is 356 g/mol. The van der Waals surface area contributed by atoms with Crippen molar-refractivity contribution >= 4 is 5.96 Å². The van der Waals surface area contributed by atoms with E-state index in [0.717, 1.165) is 69.6 Å². The first kappa shape index (κ1) is 24.0. The Morgan fingerprint density at radius 1 is 1.11 bits per heavy atom. The minimum Gasteiger partial charge on any atom is -0.493 e. The van der Waals surface area contributed by atoms with Gasteiger partial charge in [-0.2, -0.15) is 0 Å². The van der Waals surface area contributed by atoms with Gasteiger partial charge in [0.1, 0.15) is 0 Å². The van der Waals surface area contributed by atoms with Crippen LogP contribution in [0.4, 0.5) is 0 Å². The Bertz CT molecular complexity index is 567. The molecule has 0 bridgehead atoms. The molecule has 0 spiro atoms. The maximum atomic E-state index is 5.65. The van der Waals surface area contributed by atoms with Crippen molar-refractivity contribution in [3.63, 3.8) is 0 Å². The van der Waals surface area contributed by atoms with Crippen molar-refractivity contribution in [3.8, 4) is 11.5 Å². The van der Waals surface area contributed by atoms with Crippen LogP contribution in [0.3, 0.4) is 0 Å². The summed E-state index contributed by atoms with van der Waals surface area (Å²) in [7, 11) is 5.48. The highest BCUT2D eigenvalue weighted by Gasteiger charge is 2.05. The number of hydrogen-bond acceptors (Lipinski definition) is 5. The monoisotopic (exact) mass is 394 g/mol. The molecule has 0 saturated carbocycles. The van der Waals surface area contributed by atoms with Gasteiger partial charge in [0.2, 0.25) is 0 Å². The molecule has 0 fully saturated rings. The Morgan fingerprint density at radius 2 is 1.93 bits per heavy atom. The van der Waals surface area contributed by atoms with Crippen LogP contribution >= 0.6 is 0 Å². The number of aryl methyl sites for hydroxylation is 1. The number of guanidine groups is 1. The SMILES string of the molecule is CCNC(=NCCCc1ccc(OC)c(OCC)c1)NCCN(C)CCOC. The molecule has 0 heterocycles. The maximum Gasteiger partial charge on any atom is 0.191 e. The van der Waals surface area contributed by atoms with Crippen LogP contribution in [-0.4, -0.2) is 78.1 Å². The summed E-state index contributed by atoms with van der Waals surface area (Å²) in [5.74, 6) is 2.45. The zero-order chi connectivity index (χ0) is 20.6. The predicted octanol–water partition coefficient (Wildman–Crippen LogP) is 2.16. The van der Waals surface area contributed by atoms with E-state index >= 15 is 0 Å². The topological polar surface area (TPSA) is 67.4 Å². The molecule has 0 unspecified atom stereocenters. The van der Waals surface area contributed by atoms with Gasteiger partial charge in [-0.05, 0) is 51.4 Å². The number of ether oxygens (including phenoxy) is 3. The second-order valence-electron chi connectivity index (χ2n) is 6.51. The van der Waals surface area contributed by atoms with Crippen molar-refractivity contribution < 1.29 is 14.2 Å². The fourth-order valence-electron chi connectivity index (χ4n) is 2.68. The van der Waals surface area contributed by atoms with Gasteiger partial charge >= 0.3 is 0 Å². The van der Waals surface area contributed by atoms with E-state index in [4.69, 9.17) is 14.2 Å². The molecule has 7 nitrogen and oxygen atoms in total. The molecule has 160 valence electrons. The minimum atomic E-state index is 0.627. The maximum absolute atomic E-state index is 5.65. The average molecular weight is 395 g/mol. The average Bonchev–Trinajstić information content (AvgIpc) is 2.70. The van der Waals surface area contributed by atoms with Gasteiger partial charge in [0.15, 0.2) is 17.5 Å². The predicted molar refractivity (Wildman–Crippen MR) is 116 cm³/mol. The van der Waals surface area contributed by atoms with Crippen molar-refractivity contribution in [1.29, 1.82) is 0 Å². The summed E-state index contributed by atoms with van der Waals surface area (Å²) in [5, 5.41) is 6.69. The first-order valence-electron chi connectivity index (χ1n) is 10.1. The van der Waals surface area contributed by atoms with Crippen LogP contribution < -0.4 is 20.1 Å². The van der Waals surface area contributed by atoms with E-state index in [-0.39, 0.29) is 0 Å². The van der Waals surface area contributed by atoms with Gasteiger partial charge in [0.05, 0.1) is 20.3 Å². The molecule has 0 aliphatic carbocycles. The number of likely N-dealkylation sites (N-methyl/N-ethyl adjacent to an activating group) is 1. The summed E-state index contributed by atoms with van der Waals surface area (Å²) in [4.78, 5) is 6.91. The smallest absolute Gasteiger partial charge is 0.191 e. The second kappa shape index (κ2) is 15.0. The molecule has 0 saturated heterocycles. The zero-order valence-electron chi connectivity index (χ0n) is 18.2. The standard InChI is InChI=1S/C21H38N4O3/c1-6-22-21(24-13-14-25(3)15-16-26-4)23-12-8-9-18-10-11-19(27-5)20(17-18)28-7-2/h10-11,17H,6-9,12-16H2,1-5H3,(H2,22,23,24). The Kier molecular flexibility index (Phi) is 12.9. The molecule has 0 aliphatic rings. The van der Waals surface area contributed by atoms with Crippen molar-refractivity contribution in [3.05, 3.63) is 23.8 Å². The molecule has 0 aromatic heterocycles. The fraction of sp³-hybridized carbons (Fsp3) is 0.667. The highest BCUT2D eigenvalue weighted by molar-refractivity contribution is 5.79. The van der Waals surface area contributed by atoms with Crippen LogP contribution in [-0.2, 0) is 11.2 Å². The number of nitrogens with zero attached hydrogens (tertiary/aromatic N) is 2. The summed E-state index contributed by atoms with van der Waals surface area (Å²) < 4.78 is 16.1. The van der Waals surface area contributed by atoms with Crippen LogP contribution in [0, 0.1) is 0 Å². The summed E-state index contributed by atoms with van der Waals surface area (Å²) in [6.07, 6.45) is 1.93. The largest absolute Gasteiger partial charge is 0.493 e. The van der Waals surface area contributed by atoms with Crippen LogP contribution in [0.1, 0.15) is 25.8 Å². The molecule has 1 rings (SSSR count). The lowest BCUT2D eigenvalue weighted by molar-refractivity contribution is 0.162. The normalized spacial score (nSPS) is 11.6. The van der Waals surface area contributed by atoms with E-state index < -0.39 is 0 Å². The van der Waals surface area contributed by atoms with Crippen molar-refractivity contribution in [2.24, 2.45) is 4.99 Å². The lowest BCUT2D eigenvalue weighted by atomic mass is 10.1. The third-order valence-electron chi connectivity index (χ3n) is 4.23. The Morgan fingerprint density at radius 3 is 2.61 bits per heavy atom. The van der Waals surface area contributed by atoms with Gasteiger partial charge in [-0.15, -0.1) is 0 Å². The van der Waals surface area contributed by atoms with Crippen LogP contribution in [0.2, 0.25) is 0 Å². The lowest BCUT2D eigenvalue weighted by Gasteiger charge is -2.17. The highest BCUT2D eigenvalue weighted by Crippen LogP contribution is 2.28. The number of methoxy groups -OCH3 is 2. The fourth-order valence-corrected chi connectivity index (χ4v) is 2.68. The summed E-state index contributed by atoms with van der Waals surface area (Å²) in [6.45, 7) is 9.77. The van der Waals surface area contributed by atoms with Gasteiger partial charge in [-0.3, -0.25) is 4.99 Å². The second-order valence-corrected chi connectivity index (χ2v) is 6.51. The molecule has 0 amide bonds. The molecular formula is C21H38N4O3. The first-order chi connectivity index (χ1) is 13.6. The molecule has 1 aromatic rings. The molecule has 28 heavy (non-hydrogen) atoms. The van der Waals surface area contributed by atoms with Crippen molar-refractivity contribution in [1.82, 2.24) is 15.5 Å². The van der Waals surface area contributed by atoms with Crippen molar-refractivity contribution in [2.75, 3.05) is 67.2 Å². The van der Waals surface area contributed by atoms with Crippen molar-refractivity contribution in [2.45, 2.75) is 26.7 Å². The number of nitrogens with one attached hydrogen (secondary N) is 2. The third-order valence-corrected chi connectivity index (χ3v) is 4.23. The number of hydrogen-bond donors (Lipinski definition) is 2. The van der Waals surface area contributed by atoms with E-state index in [1.54, 1.807) is 14.2 Å². The number of benzene rings is 1. The van der Waals surface area contributed by atoms with Gasteiger partial charge in [-0.25, -0.2) is 0 Å². The third kappa shape index (κ3) is 9.80. The van der Waals surface area contributed by atoms with Crippen LogP contribution in [0.5, 0.6) is 11.5 Å². The van der Waals surface area contributed by atoms with E-state index in [1.807, 2.05) is 13.0 Å². The minimum absolute atomic E-state index is 0.627. The zero-order valence-corrected chi connectivity index (χ0v) is 18.2. The van der Waals surface area contributed by atoms with E-state index in [1.165, 1.54) is 5.56 Å². The Labute approximate surface area is 170 Å². The molecule has 2 N–H and O–H groups in total. The van der Waals surface area contributed by atoms with E-state index in [0.29, 0.717) is 6.61 Å². The number of aliphatic imine (C=N–C) groups is 1. The van der Waals surface area contributed by atoms with Crippen LogP contribution in [0.15, 0.2) is 23.2 Å². The van der Waals surface area contributed by atoms with Gasteiger partial charge in [-0.1, -0.05) is 6.07 Å².